The highest BCUT2D eigenvalue weighted by molar-refractivity contribution is 5.97. The summed E-state index contributed by atoms with van der Waals surface area (Å²) in [5.74, 6) is 0.479. The van der Waals surface area contributed by atoms with Crippen LogP contribution in [0.2, 0.25) is 0 Å². The van der Waals surface area contributed by atoms with Gasteiger partial charge < -0.3 is 15.0 Å². The molecule has 0 aromatic rings. The molecule has 2 aliphatic rings. The highest BCUT2D eigenvalue weighted by Gasteiger charge is 2.26. The summed E-state index contributed by atoms with van der Waals surface area (Å²) in [6.45, 7) is 3.40. The summed E-state index contributed by atoms with van der Waals surface area (Å²) < 4.78 is 5.55. The van der Waals surface area contributed by atoms with E-state index in [9.17, 15) is 9.59 Å². The second kappa shape index (κ2) is 5.71. The third kappa shape index (κ3) is 2.72. The van der Waals surface area contributed by atoms with E-state index in [1.165, 1.54) is 0 Å². The number of hydrogen-bond acceptors (Lipinski definition) is 3. The van der Waals surface area contributed by atoms with Gasteiger partial charge in [0.15, 0.2) is 0 Å². The van der Waals surface area contributed by atoms with Gasteiger partial charge in [-0.05, 0) is 19.4 Å². The van der Waals surface area contributed by atoms with Gasteiger partial charge in [0, 0.05) is 13.0 Å². The van der Waals surface area contributed by atoms with E-state index in [1.807, 2.05) is 19.1 Å². The first-order valence-corrected chi connectivity index (χ1v) is 6.32. The van der Waals surface area contributed by atoms with Gasteiger partial charge in [0.05, 0.1) is 12.2 Å². The van der Waals surface area contributed by atoms with E-state index in [1.54, 1.807) is 4.90 Å². The molecule has 1 aliphatic carbocycles. The second-order valence-electron chi connectivity index (χ2n) is 4.27. The summed E-state index contributed by atoms with van der Waals surface area (Å²) in [6, 6.07) is 0. The predicted octanol–water partition coefficient (Wildman–Crippen LogP) is 0.933. The molecule has 0 radical (unpaired) electrons. The lowest BCUT2D eigenvalue weighted by molar-refractivity contribution is -0.135. The van der Waals surface area contributed by atoms with Crippen LogP contribution in [0.1, 0.15) is 26.2 Å². The van der Waals surface area contributed by atoms with Crippen molar-refractivity contribution in [3.63, 3.8) is 0 Å². The first-order chi connectivity index (χ1) is 8.72. The van der Waals surface area contributed by atoms with Gasteiger partial charge in [-0.25, -0.2) is 0 Å². The van der Waals surface area contributed by atoms with Gasteiger partial charge in [0.2, 0.25) is 11.8 Å². The Kier molecular flexibility index (Phi) is 4.02. The molecule has 0 aromatic carbocycles. The van der Waals surface area contributed by atoms with Gasteiger partial charge in [0.1, 0.15) is 18.8 Å². The van der Waals surface area contributed by atoms with Crippen molar-refractivity contribution in [1.29, 1.82) is 0 Å². The first-order valence-electron chi connectivity index (χ1n) is 6.32. The maximum atomic E-state index is 12.1. The number of carbonyl (C=O) groups excluding carboxylic acids is 2. The Morgan fingerprint density at radius 3 is 3.11 bits per heavy atom. The summed E-state index contributed by atoms with van der Waals surface area (Å²) in [7, 11) is 0. The molecule has 0 saturated heterocycles. The average Bonchev–Trinajstić information content (AvgIpc) is 2.38. The maximum Gasteiger partial charge on any atom is 0.236 e. The molecule has 0 spiro atoms. The van der Waals surface area contributed by atoms with Gasteiger partial charge in [-0.2, -0.15) is 0 Å². The number of nitrogens with zero attached hydrogens (tertiary/aromatic N) is 1. The Hall–Kier alpha value is -1.78. The van der Waals surface area contributed by atoms with Crippen LogP contribution < -0.4 is 5.32 Å². The molecule has 1 heterocycles. The molecule has 0 fully saturated rings. The molecule has 0 bridgehead atoms. The summed E-state index contributed by atoms with van der Waals surface area (Å²) in [5, 5.41) is 2.64. The highest BCUT2D eigenvalue weighted by atomic mass is 16.5. The smallest absolute Gasteiger partial charge is 0.236 e. The molecule has 0 atom stereocenters. The quantitative estimate of drug-likeness (QED) is 0.758. The monoisotopic (exact) mass is 250 g/mol. The number of allylic oxidation sites excluding steroid dienone is 3. The van der Waals surface area contributed by atoms with E-state index in [2.05, 4.69) is 5.32 Å². The SMILES string of the molecule is CCNC(=O)CC(=O)N1CCOC2=C1C=CCC2. The summed E-state index contributed by atoms with van der Waals surface area (Å²) in [4.78, 5) is 25.2. The third-order valence-corrected chi connectivity index (χ3v) is 2.97. The Morgan fingerprint density at radius 1 is 1.50 bits per heavy atom. The number of rotatable bonds is 3. The summed E-state index contributed by atoms with van der Waals surface area (Å²) >= 11 is 0. The number of nitrogens with one attached hydrogen (secondary N) is 1. The minimum Gasteiger partial charge on any atom is -0.494 e. The molecule has 2 rings (SSSR count). The van der Waals surface area contributed by atoms with Crippen LogP contribution in [-0.2, 0) is 14.3 Å². The van der Waals surface area contributed by atoms with Crippen LogP contribution in [0.5, 0.6) is 0 Å². The fourth-order valence-electron chi connectivity index (χ4n) is 2.15. The van der Waals surface area contributed by atoms with Crippen molar-refractivity contribution in [2.45, 2.75) is 26.2 Å². The van der Waals surface area contributed by atoms with Gasteiger partial charge >= 0.3 is 0 Å². The average molecular weight is 250 g/mol. The molecule has 0 saturated carbocycles. The molecule has 1 aliphatic heterocycles. The molecular formula is C13H18N2O3. The van der Waals surface area contributed by atoms with Crippen molar-refractivity contribution in [3.8, 4) is 0 Å². The first kappa shape index (κ1) is 12.7. The van der Waals surface area contributed by atoms with Crippen molar-refractivity contribution in [2.24, 2.45) is 0 Å². The molecule has 5 heteroatoms. The Balaban J connectivity index is 2.05. The van der Waals surface area contributed by atoms with Crippen molar-refractivity contribution in [2.75, 3.05) is 19.7 Å². The normalized spacial score (nSPS) is 18.2. The Bertz CT molecular complexity index is 412. The number of hydrogen-bond donors (Lipinski definition) is 1. The lowest BCUT2D eigenvalue weighted by Gasteiger charge is -2.32. The largest absolute Gasteiger partial charge is 0.494 e. The van der Waals surface area contributed by atoms with Crippen LogP contribution in [0, 0.1) is 0 Å². The van der Waals surface area contributed by atoms with E-state index in [0.717, 1.165) is 24.3 Å². The van der Waals surface area contributed by atoms with Crippen LogP contribution in [0.4, 0.5) is 0 Å². The Morgan fingerprint density at radius 2 is 2.33 bits per heavy atom. The lowest BCUT2D eigenvalue weighted by atomic mass is 10.1. The molecule has 18 heavy (non-hydrogen) atoms. The molecule has 0 unspecified atom stereocenters. The van der Waals surface area contributed by atoms with E-state index in [4.69, 9.17) is 4.74 Å². The molecule has 5 nitrogen and oxygen atoms in total. The second-order valence-corrected chi connectivity index (χ2v) is 4.27. The van der Waals surface area contributed by atoms with Crippen LogP contribution in [-0.4, -0.2) is 36.4 Å². The van der Waals surface area contributed by atoms with Gasteiger partial charge in [-0.1, -0.05) is 6.08 Å². The van der Waals surface area contributed by atoms with Crippen molar-refractivity contribution in [3.05, 3.63) is 23.6 Å². The van der Waals surface area contributed by atoms with Crippen LogP contribution >= 0.6 is 0 Å². The molecular weight excluding hydrogens is 232 g/mol. The van der Waals surface area contributed by atoms with Crippen LogP contribution in [0.25, 0.3) is 0 Å². The standard InChI is InChI=1S/C13H18N2O3/c1-2-14-12(16)9-13(17)15-7-8-18-11-6-4-3-5-10(11)15/h3,5H,2,4,6-9H2,1H3,(H,14,16). The topological polar surface area (TPSA) is 58.6 Å². The fourth-order valence-corrected chi connectivity index (χ4v) is 2.15. The third-order valence-electron chi connectivity index (χ3n) is 2.97. The summed E-state index contributed by atoms with van der Waals surface area (Å²) in [5.41, 5.74) is 0.821. The van der Waals surface area contributed by atoms with Crippen molar-refractivity contribution in [1.82, 2.24) is 10.2 Å². The number of carbonyl (C=O) groups is 2. The molecule has 0 aromatic heterocycles. The van der Waals surface area contributed by atoms with Gasteiger partial charge in [0.25, 0.3) is 0 Å². The zero-order chi connectivity index (χ0) is 13.0. The molecule has 1 N–H and O–H groups in total. The van der Waals surface area contributed by atoms with Crippen molar-refractivity contribution >= 4 is 11.8 Å². The van der Waals surface area contributed by atoms with E-state index >= 15 is 0 Å². The lowest BCUT2D eigenvalue weighted by Crippen LogP contribution is -2.40. The van der Waals surface area contributed by atoms with Gasteiger partial charge in [-0.3, -0.25) is 9.59 Å². The number of amides is 2. The van der Waals surface area contributed by atoms with Crippen molar-refractivity contribution < 1.29 is 14.3 Å². The summed E-state index contributed by atoms with van der Waals surface area (Å²) in [6.07, 6.45) is 5.61. The zero-order valence-electron chi connectivity index (χ0n) is 10.6. The van der Waals surface area contributed by atoms with E-state index in [0.29, 0.717) is 19.7 Å². The number of ether oxygens (including phenoxy) is 1. The molecule has 98 valence electrons. The fraction of sp³-hybridized carbons (Fsp3) is 0.538. The molecule has 2 amide bonds. The predicted molar refractivity (Wildman–Crippen MR) is 66.4 cm³/mol. The zero-order valence-corrected chi connectivity index (χ0v) is 10.6. The van der Waals surface area contributed by atoms with Crippen LogP contribution in [0.15, 0.2) is 23.6 Å². The van der Waals surface area contributed by atoms with E-state index in [-0.39, 0.29) is 18.2 Å². The van der Waals surface area contributed by atoms with Crippen LogP contribution in [0.3, 0.4) is 0 Å². The highest BCUT2D eigenvalue weighted by Crippen LogP contribution is 2.26. The van der Waals surface area contributed by atoms with E-state index < -0.39 is 0 Å². The Labute approximate surface area is 106 Å². The maximum absolute atomic E-state index is 12.1. The van der Waals surface area contributed by atoms with Gasteiger partial charge in [-0.15, -0.1) is 0 Å². The minimum absolute atomic E-state index is 0.0988. The minimum atomic E-state index is -0.226.